The highest BCUT2D eigenvalue weighted by atomic mass is 79.9. The van der Waals surface area contributed by atoms with Gasteiger partial charge in [-0.3, -0.25) is 0 Å². The van der Waals surface area contributed by atoms with Crippen LogP contribution in [0.15, 0.2) is 57.4 Å². The summed E-state index contributed by atoms with van der Waals surface area (Å²) in [6.45, 7) is 0. The van der Waals surface area contributed by atoms with E-state index >= 15 is 0 Å². The Kier molecular flexibility index (Phi) is 2.69. The highest BCUT2D eigenvalue weighted by Crippen LogP contribution is 2.37. The van der Waals surface area contributed by atoms with Crippen LogP contribution in [0.25, 0.3) is 22.3 Å². The number of halogens is 2. The molecule has 1 nitrogen and oxygen atoms in total. The van der Waals surface area contributed by atoms with Crippen molar-refractivity contribution in [3.8, 4) is 11.3 Å². The molecule has 0 fully saturated rings. The smallest absolute Gasteiger partial charge is 0.149 e. The molecule has 2 aromatic carbocycles. The minimum atomic E-state index is 0.704. The van der Waals surface area contributed by atoms with E-state index in [1.807, 2.05) is 48.5 Å². The van der Waals surface area contributed by atoms with Crippen LogP contribution in [0.1, 0.15) is 0 Å². The van der Waals surface area contributed by atoms with Crippen LogP contribution in [0.3, 0.4) is 0 Å². The lowest BCUT2D eigenvalue weighted by Gasteiger charge is -1.98. The molecule has 3 rings (SSSR count). The minimum Gasteiger partial charge on any atom is -0.455 e. The van der Waals surface area contributed by atoms with Crippen LogP contribution in [0, 0.1) is 0 Å². The second-order valence-corrected chi connectivity index (χ2v) is 4.98. The fourth-order valence-electron chi connectivity index (χ4n) is 1.83. The first-order chi connectivity index (χ1) is 8.25. The number of benzene rings is 2. The Hall–Kier alpha value is -1.25. The van der Waals surface area contributed by atoms with Gasteiger partial charge in [0.05, 0.1) is 4.47 Å². The van der Waals surface area contributed by atoms with E-state index in [-0.39, 0.29) is 0 Å². The monoisotopic (exact) mass is 306 g/mol. The van der Waals surface area contributed by atoms with Gasteiger partial charge in [0, 0.05) is 16.0 Å². The lowest BCUT2D eigenvalue weighted by atomic mass is 10.1. The summed E-state index contributed by atoms with van der Waals surface area (Å²) in [5.74, 6) is 0.814. The predicted molar refractivity (Wildman–Crippen MR) is 74.4 cm³/mol. The molecule has 3 heteroatoms. The van der Waals surface area contributed by atoms with Crippen molar-refractivity contribution in [3.05, 3.63) is 58.0 Å². The molecule has 0 bridgehead atoms. The third-order valence-corrected chi connectivity index (χ3v) is 3.64. The maximum atomic E-state index is 5.99. The summed E-state index contributed by atoms with van der Waals surface area (Å²) in [7, 11) is 0. The number of para-hydroxylation sites is 1. The molecule has 0 saturated carbocycles. The Balaban J connectivity index is 2.27. The lowest BCUT2D eigenvalue weighted by molar-refractivity contribution is 0.630. The molecule has 0 atom stereocenters. The molecule has 0 aliphatic rings. The van der Waals surface area contributed by atoms with E-state index in [1.54, 1.807) is 0 Å². The average molecular weight is 308 g/mol. The van der Waals surface area contributed by atoms with Crippen molar-refractivity contribution in [2.75, 3.05) is 0 Å². The Labute approximate surface area is 112 Å². The van der Waals surface area contributed by atoms with E-state index in [0.29, 0.717) is 5.02 Å². The van der Waals surface area contributed by atoms with Crippen molar-refractivity contribution >= 4 is 38.5 Å². The third-order valence-electron chi connectivity index (χ3n) is 2.62. The van der Waals surface area contributed by atoms with E-state index in [4.69, 9.17) is 16.0 Å². The van der Waals surface area contributed by atoms with Crippen LogP contribution in [-0.2, 0) is 0 Å². The van der Waals surface area contributed by atoms with Crippen LogP contribution in [0.5, 0.6) is 0 Å². The summed E-state index contributed by atoms with van der Waals surface area (Å²) in [6, 6.07) is 15.6. The largest absolute Gasteiger partial charge is 0.455 e. The molecule has 1 heterocycles. The summed E-state index contributed by atoms with van der Waals surface area (Å²) in [5, 5.41) is 1.78. The molecule has 84 valence electrons. The van der Waals surface area contributed by atoms with Crippen molar-refractivity contribution in [1.29, 1.82) is 0 Å². The number of furan rings is 1. The van der Waals surface area contributed by atoms with Gasteiger partial charge in [-0.1, -0.05) is 35.9 Å². The van der Waals surface area contributed by atoms with E-state index in [1.165, 1.54) is 0 Å². The van der Waals surface area contributed by atoms with Crippen LogP contribution in [-0.4, -0.2) is 0 Å². The number of hydrogen-bond donors (Lipinski definition) is 0. The molecule has 0 spiro atoms. The molecule has 0 saturated heterocycles. The first-order valence-corrected chi connectivity index (χ1v) is 6.36. The van der Waals surface area contributed by atoms with Crippen molar-refractivity contribution in [3.63, 3.8) is 0 Å². The van der Waals surface area contributed by atoms with Gasteiger partial charge in [0.2, 0.25) is 0 Å². The van der Waals surface area contributed by atoms with E-state index < -0.39 is 0 Å². The van der Waals surface area contributed by atoms with Gasteiger partial charge in [0.1, 0.15) is 11.3 Å². The zero-order valence-corrected chi connectivity index (χ0v) is 11.1. The maximum absolute atomic E-state index is 5.99. The predicted octanol–water partition coefficient (Wildman–Crippen LogP) is 5.52. The van der Waals surface area contributed by atoms with Crippen LogP contribution in [0.2, 0.25) is 5.02 Å². The summed E-state index contributed by atoms with van der Waals surface area (Å²) >= 11 is 9.57. The Morgan fingerprint density at radius 2 is 1.82 bits per heavy atom. The minimum absolute atomic E-state index is 0.704. The lowest BCUT2D eigenvalue weighted by Crippen LogP contribution is -1.74. The van der Waals surface area contributed by atoms with Gasteiger partial charge >= 0.3 is 0 Å². The Bertz CT molecular complexity index is 688. The zero-order valence-electron chi connectivity index (χ0n) is 8.78. The van der Waals surface area contributed by atoms with E-state index in [0.717, 1.165) is 26.8 Å². The topological polar surface area (TPSA) is 13.1 Å². The van der Waals surface area contributed by atoms with Crippen LogP contribution in [0.4, 0.5) is 0 Å². The molecule has 0 radical (unpaired) electrons. The van der Waals surface area contributed by atoms with Gasteiger partial charge < -0.3 is 4.42 Å². The second-order valence-electron chi connectivity index (χ2n) is 3.75. The van der Waals surface area contributed by atoms with Gasteiger partial charge in [0.15, 0.2) is 0 Å². The fraction of sp³-hybridized carbons (Fsp3) is 0. The number of hydrogen-bond acceptors (Lipinski definition) is 1. The molecular formula is C14H8BrClO. The SMILES string of the molecule is Clc1cccc(-c2oc3ccccc3c2Br)c1. The molecule has 3 aromatic rings. The Morgan fingerprint density at radius 1 is 1.00 bits per heavy atom. The molecule has 0 unspecified atom stereocenters. The van der Waals surface area contributed by atoms with Crippen molar-refractivity contribution < 1.29 is 4.42 Å². The van der Waals surface area contributed by atoms with Crippen molar-refractivity contribution in [2.45, 2.75) is 0 Å². The van der Waals surface area contributed by atoms with Gasteiger partial charge in [-0.15, -0.1) is 0 Å². The molecule has 17 heavy (non-hydrogen) atoms. The Morgan fingerprint density at radius 3 is 2.59 bits per heavy atom. The van der Waals surface area contributed by atoms with Crippen molar-refractivity contribution in [1.82, 2.24) is 0 Å². The van der Waals surface area contributed by atoms with Crippen LogP contribution >= 0.6 is 27.5 Å². The summed E-state index contributed by atoms with van der Waals surface area (Å²) < 4.78 is 6.80. The highest BCUT2D eigenvalue weighted by Gasteiger charge is 2.13. The third kappa shape index (κ3) is 1.88. The second kappa shape index (κ2) is 4.21. The van der Waals surface area contributed by atoms with Gasteiger partial charge in [-0.05, 0) is 40.2 Å². The normalized spacial score (nSPS) is 10.9. The van der Waals surface area contributed by atoms with Gasteiger partial charge in [-0.25, -0.2) is 0 Å². The average Bonchev–Trinajstić information content (AvgIpc) is 2.68. The number of rotatable bonds is 1. The highest BCUT2D eigenvalue weighted by molar-refractivity contribution is 9.10. The van der Waals surface area contributed by atoms with Crippen molar-refractivity contribution in [2.24, 2.45) is 0 Å². The molecule has 0 aliphatic heterocycles. The standard InChI is InChI=1S/C14H8BrClO/c15-13-11-6-1-2-7-12(11)17-14(13)9-4-3-5-10(16)8-9/h1-8H. The fourth-order valence-corrected chi connectivity index (χ4v) is 2.66. The molecule has 0 aliphatic carbocycles. The molecule has 0 N–H and O–H groups in total. The van der Waals surface area contributed by atoms with Gasteiger partial charge in [0.25, 0.3) is 0 Å². The van der Waals surface area contributed by atoms with Crippen LogP contribution < -0.4 is 0 Å². The molecule has 0 amide bonds. The zero-order chi connectivity index (χ0) is 11.8. The summed E-state index contributed by atoms with van der Waals surface area (Å²) in [5.41, 5.74) is 1.84. The summed E-state index contributed by atoms with van der Waals surface area (Å²) in [6.07, 6.45) is 0. The molecule has 1 aromatic heterocycles. The molecular weight excluding hydrogens is 300 g/mol. The first-order valence-electron chi connectivity index (χ1n) is 5.18. The van der Waals surface area contributed by atoms with Gasteiger partial charge in [-0.2, -0.15) is 0 Å². The quantitative estimate of drug-likeness (QED) is 0.577. The van der Waals surface area contributed by atoms with E-state index in [2.05, 4.69) is 15.9 Å². The number of fused-ring (bicyclic) bond motifs is 1. The summed E-state index contributed by atoms with van der Waals surface area (Å²) in [4.78, 5) is 0. The van der Waals surface area contributed by atoms with E-state index in [9.17, 15) is 0 Å². The maximum Gasteiger partial charge on any atom is 0.149 e. The first kappa shape index (κ1) is 10.9.